The number of aliphatic hydroxyl groups excluding tert-OH is 1. The fourth-order valence-electron chi connectivity index (χ4n) is 3.06. The Morgan fingerprint density at radius 1 is 1.00 bits per heavy atom. The lowest BCUT2D eigenvalue weighted by atomic mass is 9.84. The van der Waals surface area contributed by atoms with Crippen molar-refractivity contribution >= 4 is 5.78 Å². The van der Waals surface area contributed by atoms with E-state index < -0.39 is 0 Å². The van der Waals surface area contributed by atoms with Crippen LogP contribution in [0.5, 0.6) is 0 Å². The van der Waals surface area contributed by atoms with E-state index in [-0.39, 0.29) is 6.10 Å². The first-order valence-electron chi connectivity index (χ1n) is 8.42. The van der Waals surface area contributed by atoms with Crippen molar-refractivity contribution in [3.05, 3.63) is 0 Å². The number of hydrogen-bond acceptors (Lipinski definition) is 2. The molecule has 0 aliphatic heterocycles. The van der Waals surface area contributed by atoms with Crippen LogP contribution >= 0.6 is 0 Å². The minimum absolute atomic E-state index is 0.0208. The Balaban J connectivity index is 0.000000218. The average molecular weight is 268 g/mol. The zero-order valence-electron chi connectivity index (χ0n) is 12.7. The fraction of sp³-hybridized carbons (Fsp3) is 0.941. The monoisotopic (exact) mass is 268 g/mol. The largest absolute Gasteiger partial charge is 0.393 e. The molecule has 0 aromatic rings. The van der Waals surface area contributed by atoms with Gasteiger partial charge in [0.05, 0.1) is 6.10 Å². The van der Waals surface area contributed by atoms with Crippen molar-refractivity contribution in [2.45, 2.75) is 96.5 Å². The molecule has 0 unspecified atom stereocenters. The molecule has 2 saturated carbocycles. The summed E-state index contributed by atoms with van der Waals surface area (Å²) in [6, 6.07) is 0. The van der Waals surface area contributed by atoms with E-state index in [0.29, 0.717) is 5.78 Å². The maximum absolute atomic E-state index is 10.5. The summed E-state index contributed by atoms with van der Waals surface area (Å²) in [7, 11) is 0. The molecule has 0 bridgehead atoms. The molecule has 112 valence electrons. The minimum atomic E-state index is 0.0208. The Labute approximate surface area is 119 Å². The number of rotatable bonds is 4. The quantitative estimate of drug-likeness (QED) is 0.754. The van der Waals surface area contributed by atoms with E-state index in [1.165, 1.54) is 44.9 Å². The van der Waals surface area contributed by atoms with Gasteiger partial charge < -0.3 is 5.11 Å². The molecule has 2 aliphatic carbocycles. The van der Waals surface area contributed by atoms with Crippen molar-refractivity contribution in [2.24, 2.45) is 5.92 Å². The van der Waals surface area contributed by atoms with Gasteiger partial charge in [0.15, 0.2) is 0 Å². The molecule has 0 aromatic heterocycles. The molecule has 19 heavy (non-hydrogen) atoms. The smallest absolute Gasteiger partial charge is 0.132 e. The standard InChI is InChI=1S/C11H22O.C6H10O/c1-2-3-4-5-10-6-8-11(12)9-7-10;7-6-4-2-1-3-5-6/h10-12H,2-9H2,1H3;1-5H2. The first kappa shape index (κ1) is 16.7. The third-order valence-electron chi connectivity index (χ3n) is 4.44. The van der Waals surface area contributed by atoms with Crippen LogP contribution in [0.15, 0.2) is 0 Å². The molecule has 0 spiro atoms. The van der Waals surface area contributed by atoms with E-state index in [4.69, 9.17) is 0 Å². The maximum Gasteiger partial charge on any atom is 0.132 e. The van der Waals surface area contributed by atoms with Crippen LogP contribution in [0.1, 0.15) is 90.4 Å². The van der Waals surface area contributed by atoms with Crippen molar-refractivity contribution in [3.8, 4) is 0 Å². The molecular weight excluding hydrogens is 236 g/mol. The molecule has 0 radical (unpaired) electrons. The number of aliphatic hydroxyl groups is 1. The maximum atomic E-state index is 10.5. The number of carbonyl (C=O) groups excluding carboxylic acids is 1. The van der Waals surface area contributed by atoms with Gasteiger partial charge in [0.1, 0.15) is 5.78 Å². The lowest BCUT2D eigenvalue weighted by Crippen LogP contribution is -2.17. The van der Waals surface area contributed by atoms with Gasteiger partial charge in [-0.2, -0.15) is 0 Å². The van der Waals surface area contributed by atoms with Gasteiger partial charge in [0.25, 0.3) is 0 Å². The van der Waals surface area contributed by atoms with Crippen LogP contribution in [0.2, 0.25) is 0 Å². The highest BCUT2D eigenvalue weighted by Gasteiger charge is 2.18. The summed E-state index contributed by atoms with van der Waals surface area (Å²) >= 11 is 0. The highest BCUT2D eigenvalue weighted by atomic mass is 16.3. The van der Waals surface area contributed by atoms with Crippen LogP contribution in [-0.2, 0) is 4.79 Å². The Bertz CT molecular complexity index is 221. The molecule has 0 atom stereocenters. The van der Waals surface area contributed by atoms with E-state index in [0.717, 1.165) is 44.4 Å². The number of Topliss-reactive ketones (excluding diaryl/α,β-unsaturated/α-hetero) is 1. The first-order valence-corrected chi connectivity index (χ1v) is 8.42. The van der Waals surface area contributed by atoms with Crippen molar-refractivity contribution < 1.29 is 9.90 Å². The number of ketones is 1. The SMILES string of the molecule is CCCCCC1CCC(O)CC1.O=C1CCCCC1. The lowest BCUT2D eigenvalue weighted by molar-refractivity contribution is -0.120. The number of carbonyl (C=O) groups is 1. The predicted molar refractivity (Wildman–Crippen MR) is 80.2 cm³/mol. The van der Waals surface area contributed by atoms with Crippen LogP contribution in [0.3, 0.4) is 0 Å². The fourth-order valence-corrected chi connectivity index (χ4v) is 3.06. The van der Waals surface area contributed by atoms with Crippen LogP contribution < -0.4 is 0 Å². The molecule has 2 nitrogen and oxygen atoms in total. The second kappa shape index (κ2) is 10.4. The Morgan fingerprint density at radius 3 is 2.11 bits per heavy atom. The van der Waals surface area contributed by atoms with Gasteiger partial charge >= 0.3 is 0 Å². The van der Waals surface area contributed by atoms with Gasteiger partial charge in [-0.15, -0.1) is 0 Å². The Kier molecular flexibility index (Phi) is 9.15. The predicted octanol–water partition coefficient (Wildman–Crippen LogP) is 4.64. The summed E-state index contributed by atoms with van der Waals surface area (Å²) < 4.78 is 0. The van der Waals surface area contributed by atoms with Crippen molar-refractivity contribution in [1.82, 2.24) is 0 Å². The molecule has 1 N–H and O–H groups in total. The Hall–Kier alpha value is -0.370. The van der Waals surface area contributed by atoms with E-state index in [1.54, 1.807) is 0 Å². The molecule has 0 amide bonds. The van der Waals surface area contributed by atoms with Crippen LogP contribution in [-0.4, -0.2) is 17.0 Å². The molecule has 0 aromatic carbocycles. The van der Waals surface area contributed by atoms with Gasteiger partial charge in [-0.25, -0.2) is 0 Å². The summed E-state index contributed by atoms with van der Waals surface area (Å²) in [5.41, 5.74) is 0. The molecule has 2 heteroatoms. The molecule has 2 fully saturated rings. The highest BCUT2D eigenvalue weighted by molar-refractivity contribution is 5.78. The number of hydrogen-bond donors (Lipinski definition) is 1. The number of unbranched alkanes of at least 4 members (excludes halogenated alkanes) is 2. The second-order valence-electron chi connectivity index (χ2n) is 6.27. The van der Waals surface area contributed by atoms with Crippen LogP contribution in [0, 0.1) is 5.92 Å². The normalized spacial score (nSPS) is 27.6. The third kappa shape index (κ3) is 8.41. The summed E-state index contributed by atoms with van der Waals surface area (Å²) in [5, 5.41) is 9.30. The van der Waals surface area contributed by atoms with Crippen molar-refractivity contribution in [1.29, 1.82) is 0 Å². The summed E-state index contributed by atoms with van der Waals surface area (Å²) in [6.45, 7) is 2.25. The minimum Gasteiger partial charge on any atom is -0.393 e. The highest BCUT2D eigenvalue weighted by Crippen LogP contribution is 2.28. The topological polar surface area (TPSA) is 37.3 Å². The summed E-state index contributed by atoms with van der Waals surface area (Å²) in [5.74, 6) is 1.39. The first-order chi connectivity index (χ1) is 9.22. The molecular formula is C17H32O2. The van der Waals surface area contributed by atoms with Gasteiger partial charge in [-0.3, -0.25) is 4.79 Å². The molecule has 0 heterocycles. The van der Waals surface area contributed by atoms with Crippen LogP contribution in [0.25, 0.3) is 0 Å². The second-order valence-corrected chi connectivity index (χ2v) is 6.27. The molecule has 2 rings (SSSR count). The third-order valence-corrected chi connectivity index (χ3v) is 4.44. The van der Waals surface area contributed by atoms with Gasteiger partial charge in [0.2, 0.25) is 0 Å². The van der Waals surface area contributed by atoms with Crippen LogP contribution in [0.4, 0.5) is 0 Å². The van der Waals surface area contributed by atoms with Gasteiger partial charge in [-0.1, -0.05) is 39.0 Å². The van der Waals surface area contributed by atoms with Crippen molar-refractivity contribution in [3.63, 3.8) is 0 Å². The molecule has 2 aliphatic rings. The lowest BCUT2D eigenvalue weighted by Gasteiger charge is -2.25. The van der Waals surface area contributed by atoms with E-state index in [9.17, 15) is 9.90 Å². The summed E-state index contributed by atoms with van der Waals surface area (Å²) in [4.78, 5) is 10.5. The zero-order chi connectivity index (χ0) is 13.9. The molecule has 0 saturated heterocycles. The average Bonchev–Trinajstić information content (AvgIpc) is 2.43. The van der Waals surface area contributed by atoms with Gasteiger partial charge in [-0.05, 0) is 44.4 Å². The summed E-state index contributed by atoms with van der Waals surface area (Å²) in [6.07, 6.45) is 15.4. The zero-order valence-corrected chi connectivity index (χ0v) is 12.7. The Morgan fingerprint density at radius 2 is 1.63 bits per heavy atom. The van der Waals surface area contributed by atoms with E-state index in [2.05, 4.69) is 6.92 Å². The van der Waals surface area contributed by atoms with E-state index >= 15 is 0 Å². The van der Waals surface area contributed by atoms with Crippen molar-refractivity contribution in [2.75, 3.05) is 0 Å². The van der Waals surface area contributed by atoms with Gasteiger partial charge in [0, 0.05) is 12.8 Å². The van der Waals surface area contributed by atoms with E-state index in [1.807, 2.05) is 0 Å².